The molecule has 0 aromatic carbocycles. The lowest BCUT2D eigenvalue weighted by Crippen LogP contribution is -2.37. The van der Waals surface area contributed by atoms with Gasteiger partial charge in [0.05, 0.1) is 0 Å². The summed E-state index contributed by atoms with van der Waals surface area (Å²) in [5.41, 5.74) is 0.679. The van der Waals surface area contributed by atoms with Crippen LogP contribution in [0, 0.1) is 0 Å². The summed E-state index contributed by atoms with van der Waals surface area (Å²) in [5, 5.41) is 2.94. The van der Waals surface area contributed by atoms with E-state index < -0.39 is 0 Å². The van der Waals surface area contributed by atoms with Crippen molar-refractivity contribution in [2.45, 2.75) is 19.3 Å². The van der Waals surface area contributed by atoms with E-state index in [1.165, 1.54) is 32.4 Å². The molecule has 0 radical (unpaired) electrons. The van der Waals surface area contributed by atoms with Crippen LogP contribution in [0.4, 0.5) is 0 Å². The van der Waals surface area contributed by atoms with E-state index in [9.17, 15) is 4.79 Å². The molecule has 2 rings (SSSR count). The van der Waals surface area contributed by atoms with Crippen LogP contribution in [0.15, 0.2) is 24.5 Å². The van der Waals surface area contributed by atoms with Crippen molar-refractivity contribution in [2.75, 3.05) is 26.2 Å². The molecule has 17 heavy (non-hydrogen) atoms. The van der Waals surface area contributed by atoms with Crippen LogP contribution < -0.4 is 5.32 Å². The average Bonchev–Trinajstić information content (AvgIpc) is 2.41. The van der Waals surface area contributed by atoms with Gasteiger partial charge in [0.15, 0.2) is 0 Å². The third-order valence-corrected chi connectivity index (χ3v) is 3.10. The molecule has 1 aliphatic heterocycles. The van der Waals surface area contributed by atoms with Crippen molar-refractivity contribution in [3.8, 4) is 0 Å². The number of nitrogens with one attached hydrogen (secondary N) is 1. The fraction of sp³-hybridized carbons (Fsp3) is 0.538. The summed E-state index contributed by atoms with van der Waals surface area (Å²) >= 11 is 0. The highest BCUT2D eigenvalue weighted by Crippen LogP contribution is 2.07. The van der Waals surface area contributed by atoms with Crippen molar-refractivity contribution in [1.29, 1.82) is 0 Å². The highest BCUT2D eigenvalue weighted by molar-refractivity contribution is 5.93. The number of aromatic nitrogens is 1. The molecule has 1 aliphatic rings. The van der Waals surface area contributed by atoms with Gasteiger partial charge in [0.1, 0.15) is 0 Å². The normalized spacial score (nSPS) is 16.7. The Morgan fingerprint density at radius 2 is 1.94 bits per heavy atom. The van der Waals surface area contributed by atoms with Crippen LogP contribution in [0.5, 0.6) is 0 Å². The topological polar surface area (TPSA) is 45.2 Å². The van der Waals surface area contributed by atoms with E-state index in [1.807, 2.05) is 0 Å². The van der Waals surface area contributed by atoms with Gasteiger partial charge in [-0.1, -0.05) is 6.42 Å². The molecule has 92 valence electrons. The minimum absolute atomic E-state index is 0.00981. The fourth-order valence-electron chi connectivity index (χ4n) is 2.12. The van der Waals surface area contributed by atoms with Gasteiger partial charge >= 0.3 is 0 Å². The van der Waals surface area contributed by atoms with Gasteiger partial charge in [0, 0.05) is 31.0 Å². The summed E-state index contributed by atoms with van der Waals surface area (Å²) in [6.07, 6.45) is 7.20. The van der Waals surface area contributed by atoms with Crippen molar-refractivity contribution in [3.05, 3.63) is 30.1 Å². The van der Waals surface area contributed by atoms with Gasteiger partial charge in [0.2, 0.25) is 0 Å². The van der Waals surface area contributed by atoms with Gasteiger partial charge in [0.25, 0.3) is 5.91 Å². The molecule has 4 heteroatoms. The molecule has 0 saturated carbocycles. The Bertz CT molecular complexity index is 347. The number of carbonyl (C=O) groups excluding carboxylic acids is 1. The third kappa shape index (κ3) is 3.82. The quantitative estimate of drug-likeness (QED) is 0.852. The molecular formula is C13H19N3O. The number of likely N-dealkylation sites (tertiary alicyclic amines) is 1. The molecule has 1 saturated heterocycles. The summed E-state index contributed by atoms with van der Waals surface area (Å²) in [6, 6.07) is 3.46. The molecule has 4 nitrogen and oxygen atoms in total. The Morgan fingerprint density at radius 1 is 1.24 bits per heavy atom. The lowest BCUT2D eigenvalue weighted by molar-refractivity contribution is 0.0946. The average molecular weight is 233 g/mol. The molecular weight excluding hydrogens is 214 g/mol. The monoisotopic (exact) mass is 233 g/mol. The number of hydrogen-bond donors (Lipinski definition) is 1. The van der Waals surface area contributed by atoms with Crippen molar-refractivity contribution in [1.82, 2.24) is 15.2 Å². The van der Waals surface area contributed by atoms with E-state index in [4.69, 9.17) is 0 Å². The fourth-order valence-corrected chi connectivity index (χ4v) is 2.12. The zero-order chi connectivity index (χ0) is 11.9. The van der Waals surface area contributed by atoms with Gasteiger partial charge in [-0.2, -0.15) is 0 Å². The largest absolute Gasteiger partial charge is 0.351 e. The van der Waals surface area contributed by atoms with Gasteiger partial charge in [-0.15, -0.1) is 0 Å². The van der Waals surface area contributed by atoms with Gasteiger partial charge < -0.3 is 10.2 Å². The molecule has 1 N–H and O–H groups in total. The second-order valence-electron chi connectivity index (χ2n) is 4.39. The van der Waals surface area contributed by atoms with Crippen LogP contribution >= 0.6 is 0 Å². The van der Waals surface area contributed by atoms with Crippen LogP contribution in [0.3, 0.4) is 0 Å². The van der Waals surface area contributed by atoms with Crippen molar-refractivity contribution < 1.29 is 4.79 Å². The number of piperidine rings is 1. The third-order valence-electron chi connectivity index (χ3n) is 3.10. The first-order chi connectivity index (χ1) is 8.36. The predicted octanol–water partition coefficient (Wildman–Crippen LogP) is 1.30. The molecule has 0 atom stereocenters. The van der Waals surface area contributed by atoms with Gasteiger partial charge in [-0.25, -0.2) is 0 Å². The molecule has 0 spiro atoms. The number of nitrogens with zero attached hydrogens (tertiary/aromatic N) is 2. The first-order valence-electron chi connectivity index (χ1n) is 6.27. The summed E-state index contributed by atoms with van der Waals surface area (Å²) in [6.45, 7) is 4.02. The van der Waals surface area contributed by atoms with Crippen molar-refractivity contribution in [2.24, 2.45) is 0 Å². The highest BCUT2D eigenvalue weighted by atomic mass is 16.1. The van der Waals surface area contributed by atoms with E-state index in [-0.39, 0.29) is 5.91 Å². The predicted molar refractivity (Wildman–Crippen MR) is 66.9 cm³/mol. The molecule has 0 aliphatic carbocycles. The van der Waals surface area contributed by atoms with Crippen LogP contribution in [0.2, 0.25) is 0 Å². The number of carbonyl (C=O) groups is 1. The molecule has 1 amide bonds. The molecule has 2 heterocycles. The first kappa shape index (κ1) is 12.0. The highest BCUT2D eigenvalue weighted by Gasteiger charge is 2.10. The Hall–Kier alpha value is -1.42. The first-order valence-corrected chi connectivity index (χ1v) is 6.27. The Morgan fingerprint density at radius 3 is 2.65 bits per heavy atom. The minimum atomic E-state index is -0.00981. The number of hydrogen-bond acceptors (Lipinski definition) is 3. The maximum Gasteiger partial charge on any atom is 0.251 e. The maximum atomic E-state index is 11.7. The SMILES string of the molecule is O=C(NCCN1CCCCC1)c1ccncc1. The van der Waals surface area contributed by atoms with E-state index >= 15 is 0 Å². The summed E-state index contributed by atoms with van der Waals surface area (Å²) in [5.74, 6) is -0.00981. The van der Waals surface area contributed by atoms with Crippen LogP contribution in [0.25, 0.3) is 0 Å². The lowest BCUT2D eigenvalue weighted by Gasteiger charge is -2.26. The molecule has 0 unspecified atom stereocenters. The van der Waals surface area contributed by atoms with Crippen molar-refractivity contribution in [3.63, 3.8) is 0 Å². The molecule has 1 aromatic heterocycles. The molecule has 0 bridgehead atoms. The zero-order valence-electron chi connectivity index (χ0n) is 10.1. The summed E-state index contributed by atoms with van der Waals surface area (Å²) < 4.78 is 0. The van der Waals surface area contributed by atoms with Gasteiger partial charge in [-0.3, -0.25) is 9.78 Å². The zero-order valence-corrected chi connectivity index (χ0v) is 10.1. The van der Waals surface area contributed by atoms with Crippen LogP contribution in [0.1, 0.15) is 29.6 Å². The maximum absolute atomic E-state index is 11.7. The van der Waals surface area contributed by atoms with E-state index in [2.05, 4.69) is 15.2 Å². The Kier molecular flexibility index (Phi) is 4.50. The van der Waals surface area contributed by atoms with E-state index in [1.54, 1.807) is 24.5 Å². The second-order valence-corrected chi connectivity index (χ2v) is 4.39. The lowest BCUT2D eigenvalue weighted by atomic mass is 10.1. The number of amides is 1. The van der Waals surface area contributed by atoms with Gasteiger partial charge in [-0.05, 0) is 38.1 Å². The van der Waals surface area contributed by atoms with E-state index in [0.29, 0.717) is 5.56 Å². The smallest absolute Gasteiger partial charge is 0.251 e. The molecule has 1 fully saturated rings. The minimum Gasteiger partial charge on any atom is -0.351 e. The van der Waals surface area contributed by atoms with E-state index in [0.717, 1.165) is 13.1 Å². The Balaban J connectivity index is 1.69. The van der Waals surface area contributed by atoms with Crippen LogP contribution in [-0.2, 0) is 0 Å². The van der Waals surface area contributed by atoms with Crippen LogP contribution in [-0.4, -0.2) is 42.0 Å². The summed E-state index contributed by atoms with van der Waals surface area (Å²) in [7, 11) is 0. The summed E-state index contributed by atoms with van der Waals surface area (Å²) in [4.78, 5) is 18.0. The standard InChI is InChI=1S/C13H19N3O/c17-13(12-4-6-14-7-5-12)15-8-11-16-9-2-1-3-10-16/h4-7H,1-3,8-11H2,(H,15,17). The number of pyridine rings is 1. The molecule has 1 aromatic rings. The number of rotatable bonds is 4. The van der Waals surface area contributed by atoms with Crippen molar-refractivity contribution >= 4 is 5.91 Å². The second kappa shape index (κ2) is 6.35. The Labute approximate surface area is 102 Å².